The van der Waals surface area contributed by atoms with Gasteiger partial charge in [0.1, 0.15) is 16.1 Å². The maximum absolute atomic E-state index is 12.6. The summed E-state index contributed by atoms with van der Waals surface area (Å²) in [5.74, 6) is -0.172. The van der Waals surface area contributed by atoms with Gasteiger partial charge >= 0.3 is 0 Å². The number of nitrogens with zero attached hydrogens (tertiary/aromatic N) is 4. The summed E-state index contributed by atoms with van der Waals surface area (Å²) in [7, 11) is 0. The molecule has 2 aromatic heterocycles. The van der Waals surface area contributed by atoms with Crippen molar-refractivity contribution in [3.8, 4) is 17.3 Å². The number of carbonyl (C=O) groups is 1. The zero-order chi connectivity index (χ0) is 19.2. The van der Waals surface area contributed by atoms with E-state index in [4.69, 9.17) is 0 Å². The van der Waals surface area contributed by atoms with Crippen molar-refractivity contribution in [3.05, 3.63) is 53.0 Å². The number of benzene rings is 1. The lowest BCUT2D eigenvalue weighted by Crippen LogP contribution is -2.24. The van der Waals surface area contributed by atoms with E-state index in [2.05, 4.69) is 26.6 Å². The number of nitriles is 1. The fourth-order valence-corrected chi connectivity index (χ4v) is 3.96. The second-order valence-electron chi connectivity index (χ2n) is 5.66. The van der Waals surface area contributed by atoms with Gasteiger partial charge in [-0.2, -0.15) is 5.26 Å². The van der Waals surface area contributed by atoms with Crippen LogP contribution in [0.1, 0.15) is 23.9 Å². The zero-order valence-electron chi connectivity index (χ0n) is 14.8. The maximum atomic E-state index is 12.6. The number of aromatic nitrogens is 3. The van der Waals surface area contributed by atoms with Crippen molar-refractivity contribution in [2.75, 3.05) is 5.32 Å². The van der Waals surface area contributed by atoms with E-state index < -0.39 is 0 Å². The highest BCUT2D eigenvalue weighted by Crippen LogP contribution is 2.30. The molecule has 0 aliphatic rings. The van der Waals surface area contributed by atoms with E-state index in [0.29, 0.717) is 22.1 Å². The van der Waals surface area contributed by atoms with Gasteiger partial charge in [0.05, 0.1) is 16.5 Å². The van der Waals surface area contributed by atoms with Gasteiger partial charge in [0.25, 0.3) is 0 Å². The predicted molar refractivity (Wildman–Crippen MR) is 108 cm³/mol. The van der Waals surface area contributed by atoms with Gasteiger partial charge in [-0.15, -0.1) is 10.2 Å². The number of carbonyl (C=O) groups excluding carboxylic acids is 1. The molecule has 0 radical (unpaired) electrons. The van der Waals surface area contributed by atoms with Gasteiger partial charge in [0.15, 0.2) is 0 Å². The Balaban J connectivity index is 1.83. The molecule has 0 unspecified atom stereocenters. The Morgan fingerprint density at radius 3 is 2.67 bits per heavy atom. The summed E-state index contributed by atoms with van der Waals surface area (Å²) in [5, 5.41) is 21.5. The lowest BCUT2D eigenvalue weighted by atomic mass is 10.1. The number of pyridine rings is 1. The van der Waals surface area contributed by atoms with Crippen LogP contribution in [0.3, 0.4) is 0 Å². The molecule has 1 amide bonds. The molecule has 136 valence electrons. The molecular formula is C19H17N5OS2. The van der Waals surface area contributed by atoms with E-state index in [1.165, 1.54) is 23.1 Å². The molecule has 0 fully saturated rings. The monoisotopic (exact) mass is 395 g/mol. The van der Waals surface area contributed by atoms with Crippen LogP contribution in [0.15, 0.2) is 47.5 Å². The average Bonchev–Trinajstić information content (AvgIpc) is 3.11. The highest BCUT2D eigenvalue weighted by atomic mass is 32.2. The summed E-state index contributed by atoms with van der Waals surface area (Å²) in [4.78, 5) is 17.2. The van der Waals surface area contributed by atoms with E-state index >= 15 is 0 Å². The van der Waals surface area contributed by atoms with E-state index in [1.807, 2.05) is 50.2 Å². The highest BCUT2D eigenvalue weighted by molar-refractivity contribution is 8.00. The Morgan fingerprint density at radius 1 is 1.26 bits per heavy atom. The minimum absolute atomic E-state index is 0.172. The summed E-state index contributed by atoms with van der Waals surface area (Å²) in [6.45, 7) is 3.76. The molecule has 0 spiro atoms. The highest BCUT2D eigenvalue weighted by Gasteiger charge is 2.22. The van der Waals surface area contributed by atoms with Crippen LogP contribution in [0.4, 0.5) is 5.13 Å². The molecule has 1 aromatic carbocycles. The van der Waals surface area contributed by atoms with Gasteiger partial charge in [-0.1, -0.05) is 60.4 Å². The summed E-state index contributed by atoms with van der Waals surface area (Å²) < 4.78 is 0. The first-order valence-electron chi connectivity index (χ1n) is 8.35. The number of hydrogen-bond donors (Lipinski definition) is 1. The Bertz CT molecular complexity index is 981. The minimum Gasteiger partial charge on any atom is -0.300 e. The molecule has 0 aliphatic carbocycles. The van der Waals surface area contributed by atoms with Crippen molar-refractivity contribution in [1.29, 1.82) is 5.26 Å². The Kier molecular flexibility index (Phi) is 6.16. The van der Waals surface area contributed by atoms with Crippen molar-refractivity contribution < 1.29 is 4.79 Å². The number of aryl methyl sites for hydroxylation is 1. The van der Waals surface area contributed by atoms with Crippen LogP contribution < -0.4 is 5.32 Å². The van der Waals surface area contributed by atoms with Crippen LogP contribution in [0, 0.1) is 18.3 Å². The molecule has 3 rings (SSSR count). The van der Waals surface area contributed by atoms with Crippen molar-refractivity contribution in [2.45, 2.75) is 30.5 Å². The molecular weight excluding hydrogens is 378 g/mol. The number of rotatable bonds is 6. The molecule has 1 atom stereocenters. The first kappa shape index (κ1) is 19.0. The topological polar surface area (TPSA) is 91.6 Å². The number of amides is 1. The fraction of sp³-hybridized carbons (Fsp3) is 0.211. The lowest BCUT2D eigenvalue weighted by Gasteiger charge is -2.14. The summed E-state index contributed by atoms with van der Waals surface area (Å²) in [5.41, 5.74) is 2.19. The van der Waals surface area contributed by atoms with Crippen molar-refractivity contribution in [1.82, 2.24) is 15.2 Å². The van der Waals surface area contributed by atoms with E-state index in [9.17, 15) is 10.1 Å². The van der Waals surface area contributed by atoms with Crippen molar-refractivity contribution in [3.63, 3.8) is 0 Å². The molecule has 0 aliphatic heterocycles. The lowest BCUT2D eigenvalue weighted by molar-refractivity contribution is -0.115. The quantitative estimate of drug-likeness (QED) is 0.626. The average molecular weight is 396 g/mol. The van der Waals surface area contributed by atoms with E-state index in [1.54, 1.807) is 6.07 Å². The van der Waals surface area contributed by atoms with Crippen LogP contribution in [0.2, 0.25) is 0 Å². The number of anilines is 1. The largest absolute Gasteiger partial charge is 0.300 e. The molecule has 3 aromatic rings. The van der Waals surface area contributed by atoms with Gasteiger partial charge < -0.3 is 0 Å². The van der Waals surface area contributed by atoms with E-state index in [0.717, 1.165) is 16.3 Å². The van der Waals surface area contributed by atoms with Crippen LogP contribution >= 0.6 is 23.1 Å². The van der Waals surface area contributed by atoms with Gasteiger partial charge in [0, 0.05) is 5.56 Å². The minimum atomic E-state index is -0.389. The molecule has 0 saturated heterocycles. The third kappa shape index (κ3) is 4.70. The number of thioether (sulfide) groups is 1. The van der Waals surface area contributed by atoms with Crippen molar-refractivity contribution >= 4 is 34.1 Å². The summed E-state index contributed by atoms with van der Waals surface area (Å²) >= 11 is 2.62. The van der Waals surface area contributed by atoms with Crippen molar-refractivity contribution in [2.24, 2.45) is 0 Å². The maximum Gasteiger partial charge on any atom is 0.239 e. The first-order valence-corrected chi connectivity index (χ1v) is 10.0. The summed E-state index contributed by atoms with van der Waals surface area (Å²) in [6.07, 6.45) is 0.594. The van der Waals surface area contributed by atoms with Gasteiger partial charge in [-0.05, 0) is 25.5 Å². The van der Waals surface area contributed by atoms with Crippen LogP contribution in [0.5, 0.6) is 0 Å². The van der Waals surface area contributed by atoms with Crippen LogP contribution in [-0.2, 0) is 4.79 Å². The molecule has 6 nitrogen and oxygen atoms in total. The Labute approximate surface area is 165 Å². The van der Waals surface area contributed by atoms with Crippen LogP contribution in [-0.4, -0.2) is 26.3 Å². The molecule has 27 heavy (non-hydrogen) atoms. The summed E-state index contributed by atoms with van der Waals surface area (Å²) in [6, 6.07) is 15.5. The number of hydrogen-bond acceptors (Lipinski definition) is 7. The normalized spacial score (nSPS) is 11.6. The zero-order valence-corrected chi connectivity index (χ0v) is 16.5. The predicted octanol–water partition coefficient (Wildman–Crippen LogP) is 4.29. The smallest absolute Gasteiger partial charge is 0.239 e. The standard InChI is InChI=1S/C19H17N5OS2/c1-3-16(17(25)22-19-24-23-12(2)26-19)27-18-14(11-20)9-10-15(21-18)13-7-5-4-6-8-13/h4-10,16H,3H2,1-2H3,(H,22,24,25)/t16-/m0/s1. The fourth-order valence-electron chi connectivity index (χ4n) is 2.38. The van der Waals surface area contributed by atoms with Gasteiger partial charge in [-0.25, -0.2) is 4.98 Å². The van der Waals surface area contributed by atoms with E-state index in [-0.39, 0.29) is 11.2 Å². The van der Waals surface area contributed by atoms with Crippen LogP contribution in [0.25, 0.3) is 11.3 Å². The second kappa shape index (κ2) is 8.75. The van der Waals surface area contributed by atoms with Gasteiger partial charge in [0.2, 0.25) is 11.0 Å². The Hall–Kier alpha value is -2.76. The molecule has 1 N–H and O–H groups in total. The third-order valence-corrected chi connectivity index (χ3v) is 5.84. The molecule has 0 saturated carbocycles. The number of nitrogens with one attached hydrogen (secondary N) is 1. The first-order chi connectivity index (χ1) is 13.1. The molecule has 0 bridgehead atoms. The third-order valence-electron chi connectivity index (χ3n) is 3.72. The van der Waals surface area contributed by atoms with Gasteiger partial charge in [-0.3, -0.25) is 10.1 Å². The SMILES string of the molecule is CC[C@H](Sc1nc(-c2ccccc2)ccc1C#N)C(=O)Nc1nnc(C)s1. The second-order valence-corrected chi connectivity index (χ2v) is 8.03. The molecule has 8 heteroatoms. The Morgan fingerprint density at radius 2 is 2.04 bits per heavy atom. The molecule has 2 heterocycles.